The summed E-state index contributed by atoms with van der Waals surface area (Å²) in [5.41, 5.74) is -2.91. The van der Waals surface area contributed by atoms with E-state index in [-0.39, 0.29) is 0 Å². The van der Waals surface area contributed by atoms with Crippen LogP contribution in [0.5, 0.6) is 0 Å². The Labute approximate surface area is 173 Å². The van der Waals surface area contributed by atoms with Crippen LogP contribution in [0.25, 0.3) is 5.69 Å². The van der Waals surface area contributed by atoms with Crippen molar-refractivity contribution in [3.8, 4) is 5.69 Å². The lowest BCUT2D eigenvalue weighted by Crippen LogP contribution is -2.18. The Bertz CT molecular complexity index is 1470. The van der Waals surface area contributed by atoms with Gasteiger partial charge >= 0.3 is 5.97 Å². The molecule has 13 nitrogen and oxygen atoms in total. The quantitative estimate of drug-likeness (QED) is 0.306. The third kappa shape index (κ3) is 4.58. The SMILES string of the molecule is O=C(O)c1[nH]n(-c2ccc(S(=O)(=O)O)cc2S(=O)(=O)O)c(=O)c1N=Nc1ccccc1. The molecule has 0 amide bonds. The maximum Gasteiger partial charge on any atom is 0.356 e. The molecular weight excluding hydrogens is 456 g/mol. The lowest BCUT2D eigenvalue weighted by Gasteiger charge is -2.08. The minimum atomic E-state index is -5.12. The van der Waals surface area contributed by atoms with Crippen molar-refractivity contribution >= 4 is 37.6 Å². The summed E-state index contributed by atoms with van der Waals surface area (Å²) in [6.45, 7) is 0. The van der Waals surface area contributed by atoms with Crippen LogP contribution in [0.4, 0.5) is 11.4 Å². The average molecular weight is 468 g/mol. The van der Waals surface area contributed by atoms with Crippen molar-refractivity contribution in [1.82, 2.24) is 9.78 Å². The zero-order valence-electron chi connectivity index (χ0n) is 15.1. The molecule has 0 radical (unpaired) electrons. The van der Waals surface area contributed by atoms with Crippen LogP contribution in [0.15, 0.2) is 73.3 Å². The Hall–Kier alpha value is -3.66. The summed E-state index contributed by atoms with van der Waals surface area (Å²) in [5.74, 6) is -1.62. The predicted octanol–water partition coefficient (Wildman–Crippen LogP) is 1.77. The monoisotopic (exact) mass is 468 g/mol. The number of rotatable bonds is 6. The van der Waals surface area contributed by atoms with Crippen LogP contribution in [0.1, 0.15) is 10.5 Å². The zero-order chi connectivity index (χ0) is 23.0. The summed E-state index contributed by atoms with van der Waals surface area (Å²) >= 11 is 0. The summed E-state index contributed by atoms with van der Waals surface area (Å²) in [6.07, 6.45) is 0. The Morgan fingerprint density at radius 3 is 2.13 bits per heavy atom. The Kier molecular flexibility index (Phi) is 5.60. The highest BCUT2D eigenvalue weighted by Gasteiger charge is 2.26. The molecule has 31 heavy (non-hydrogen) atoms. The van der Waals surface area contributed by atoms with E-state index >= 15 is 0 Å². The molecule has 0 aliphatic carbocycles. The normalized spacial score (nSPS) is 12.3. The van der Waals surface area contributed by atoms with Crippen molar-refractivity contribution in [2.45, 2.75) is 9.79 Å². The first-order chi connectivity index (χ1) is 14.4. The lowest BCUT2D eigenvalue weighted by molar-refractivity contribution is 0.0690. The number of benzene rings is 2. The van der Waals surface area contributed by atoms with Gasteiger partial charge in [0.2, 0.25) is 0 Å². The summed E-state index contributed by atoms with van der Waals surface area (Å²) in [7, 11) is -9.97. The van der Waals surface area contributed by atoms with Crippen molar-refractivity contribution in [2.75, 3.05) is 0 Å². The molecule has 0 spiro atoms. The van der Waals surface area contributed by atoms with Gasteiger partial charge < -0.3 is 5.11 Å². The molecule has 2 aromatic carbocycles. The maximum absolute atomic E-state index is 12.7. The zero-order valence-corrected chi connectivity index (χ0v) is 16.7. The van der Waals surface area contributed by atoms with E-state index in [0.717, 1.165) is 12.1 Å². The Morgan fingerprint density at radius 1 is 0.935 bits per heavy atom. The lowest BCUT2D eigenvalue weighted by atomic mass is 10.3. The molecule has 0 fully saturated rings. The molecule has 162 valence electrons. The van der Waals surface area contributed by atoms with Crippen LogP contribution in [0.2, 0.25) is 0 Å². The summed E-state index contributed by atoms with van der Waals surface area (Å²) in [5, 5.41) is 18.9. The first-order valence-electron chi connectivity index (χ1n) is 8.04. The molecule has 0 bridgehead atoms. The van der Waals surface area contributed by atoms with Gasteiger partial charge in [-0.25, -0.2) is 9.48 Å². The van der Waals surface area contributed by atoms with Gasteiger partial charge in [0.25, 0.3) is 25.8 Å². The molecule has 0 saturated heterocycles. The average Bonchev–Trinajstić information content (AvgIpc) is 3.02. The summed E-state index contributed by atoms with van der Waals surface area (Å²) in [4.78, 5) is 22.3. The van der Waals surface area contributed by atoms with Gasteiger partial charge in [-0.2, -0.15) is 21.9 Å². The second kappa shape index (κ2) is 7.88. The van der Waals surface area contributed by atoms with Gasteiger partial charge in [0.1, 0.15) is 4.90 Å². The fraction of sp³-hybridized carbons (Fsp3) is 0. The van der Waals surface area contributed by atoms with E-state index in [1.807, 2.05) is 0 Å². The number of azo groups is 1. The number of aromatic carboxylic acids is 1. The fourth-order valence-corrected chi connectivity index (χ4v) is 3.77. The van der Waals surface area contributed by atoms with Gasteiger partial charge in [-0.15, -0.1) is 5.11 Å². The molecule has 0 atom stereocenters. The van der Waals surface area contributed by atoms with Crippen LogP contribution < -0.4 is 5.56 Å². The van der Waals surface area contributed by atoms with Crippen LogP contribution in [-0.2, 0) is 20.2 Å². The fourth-order valence-electron chi connectivity index (χ4n) is 2.49. The first kappa shape index (κ1) is 22.0. The molecule has 15 heteroatoms. The van der Waals surface area contributed by atoms with Crippen LogP contribution >= 0.6 is 0 Å². The standard InChI is InChI=1S/C16H12N4O9S2/c21-15-13(18-17-9-4-2-1-3-5-9)14(16(22)23)19-20(15)11-7-6-10(30(24,25)26)8-12(11)31(27,28)29/h1-8,19H,(H,22,23)(H,24,25,26)(H,27,28,29). The number of hydrogen-bond acceptors (Lipinski definition) is 8. The number of carbonyl (C=O) groups is 1. The van der Waals surface area contributed by atoms with Crippen molar-refractivity contribution in [1.29, 1.82) is 0 Å². The first-order valence-corrected chi connectivity index (χ1v) is 10.9. The number of aromatic amines is 1. The van der Waals surface area contributed by atoms with E-state index in [0.29, 0.717) is 16.4 Å². The third-order valence-corrected chi connectivity index (χ3v) is 5.58. The molecule has 0 aliphatic rings. The highest BCUT2D eigenvalue weighted by molar-refractivity contribution is 7.86. The van der Waals surface area contributed by atoms with Gasteiger partial charge in [-0.1, -0.05) is 18.2 Å². The topological polar surface area (TPSA) is 209 Å². The molecule has 0 saturated carbocycles. The molecule has 0 unspecified atom stereocenters. The molecule has 1 aromatic heterocycles. The Balaban J connectivity index is 2.26. The second-order valence-corrected chi connectivity index (χ2v) is 8.71. The van der Waals surface area contributed by atoms with E-state index < -0.39 is 58.6 Å². The highest BCUT2D eigenvalue weighted by atomic mass is 32.2. The second-order valence-electron chi connectivity index (χ2n) is 5.90. The minimum Gasteiger partial charge on any atom is -0.476 e. The number of carboxylic acids is 1. The van der Waals surface area contributed by atoms with E-state index in [1.54, 1.807) is 18.2 Å². The van der Waals surface area contributed by atoms with Crippen molar-refractivity contribution in [2.24, 2.45) is 10.2 Å². The predicted molar refractivity (Wildman–Crippen MR) is 104 cm³/mol. The van der Waals surface area contributed by atoms with Gasteiger partial charge in [0.05, 0.1) is 16.3 Å². The number of aromatic nitrogens is 2. The summed E-state index contributed by atoms with van der Waals surface area (Å²) in [6, 6.07) is 9.91. The van der Waals surface area contributed by atoms with Gasteiger partial charge in [0.15, 0.2) is 11.4 Å². The van der Waals surface area contributed by atoms with E-state index in [2.05, 4.69) is 15.3 Å². The third-order valence-electron chi connectivity index (χ3n) is 3.85. The van der Waals surface area contributed by atoms with Crippen molar-refractivity contribution < 1.29 is 35.8 Å². The molecule has 3 rings (SSSR count). The van der Waals surface area contributed by atoms with Gasteiger partial charge in [-0.3, -0.25) is 19.0 Å². The molecule has 0 aliphatic heterocycles. The molecular formula is C16H12N4O9S2. The maximum atomic E-state index is 12.7. The molecule has 3 aromatic rings. The number of nitrogens with zero attached hydrogens (tertiary/aromatic N) is 3. The molecule has 4 N–H and O–H groups in total. The summed E-state index contributed by atoms with van der Waals surface area (Å²) < 4.78 is 65.1. The van der Waals surface area contributed by atoms with Crippen LogP contribution in [0, 0.1) is 0 Å². The largest absolute Gasteiger partial charge is 0.476 e. The van der Waals surface area contributed by atoms with Crippen molar-refractivity contribution in [3.05, 3.63) is 64.6 Å². The number of nitrogens with one attached hydrogen (secondary N) is 1. The number of H-pyrrole nitrogens is 1. The van der Waals surface area contributed by atoms with Crippen molar-refractivity contribution in [3.63, 3.8) is 0 Å². The van der Waals surface area contributed by atoms with E-state index in [9.17, 15) is 36.1 Å². The molecule has 1 heterocycles. The highest BCUT2D eigenvalue weighted by Crippen LogP contribution is 2.25. The smallest absolute Gasteiger partial charge is 0.356 e. The number of carboxylic acid groups (broad SMARTS) is 1. The van der Waals surface area contributed by atoms with E-state index in [4.69, 9.17) is 4.55 Å². The van der Waals surface area contributed by atoms with Crippen LogP contribution in [0.3, 0.4) is 0 Å². The van der Waals surface area contributed by atoms with Gasteiger partial charge in [0, 0.05) is 0 Å². The van der Waals surface area contributed by atoms with Crippen LogP contribution in [-0.4, -0.2) is 46.8 Å². The Morgan fingerprint density at radius 2 is 1.58 bits per heavy atom. The number of hydrogen-bond donors (Lipinski definition) is 4. The van der Waals surface area contributed by atoms with Gasteiger partial charge in [-0.05, 0) is 30.3 Å². The minimum absolute atomic E-state index is 0.294. The van der Waals surface area contributed by atoms with E-state index in [1.165, 1.54) is 12.1 Å².